The maximum absolute atomic E-state index is 5.08. The fraction of sp³-hybridized carbons (Fsp3) is 0.800. The molecule has 0 unspecified atom stereocenters. The first kappa shape index (κ1) is 12.1. The van der Waals surface area contributed by atoms with Gasteiger partial charge in [0.25, 0.3) is 0 Å². The smallest absolute Gasteiger partial charge is 0.240 e. The summed E-state index contributed by atoms with van der Waals surface area (Å²) in [6.07, 6.45) is 1.73. The molecule has 0 saturated carbocycles. The van der Waals surface area contributed by atoms with Gasteiger partial charge in [-0.3, -0.25) is 0 Å². The summed E-state index contributed by atoms with van der Waals surface area (Å²) in [7, 11) is 1.69. The Labute approximate surface area is 90.2 Å². The maximum atomic E-state index is 5.08. The molecule has 0 aliphatic carbocycles. The minimum Gasteiger partial charge on any atom is -0.385 e. The van der Waals surface area contributed by atoms with Crippen molar-refractivity contribution in [3.8, 4) is 0 Å². The second kappa shape index (κ2) is 6.53. The Kier molecular flexibility index (Phi) is 5.28. The summed E-state index contributed by atoms with van der Waals surface area (Å²) < 4.78 is 10.0. The average molecular weight is 213 g/mol. The molecule has 0 saturated heterocycles. The van der Waals surface area contributed by atoms with E-state index < -0.39 is 0 Å². The lowest BCUT2D eigenvalue weighted by Crippen LogP contribution is -2.21. The van der Waals surface area contributed by atoms with E-state index in [-0.39, 0.29) is 0 Å². The first-order chi connectivity index (χ1) is 7.22. The molecule has 0 bridgehead atoms. The third-order valence-electron chi connectivity index (χ3n) is 1.92. The molecule has 1 rings (SSSR count). The average Bonchev–Trinajstić information content (AvgIpc) is 2.63. The highest BCUT2D eigenvalue weighted by Gasteiger charge is 2.05. The highest BCUT2D eigenvalue weighted by molar-refractivity contribution is 4.86. The van der Waals surface area contributed by atoms with Crippen molar-refractivity contribution in [2.75, 3.05) is 13.7 Å². The highest BCUT2D eigenvalue weighted by Crippen LogP contribution is 2.00. The van der Waals surface area contributed by atoms with Crippen molar-refractivity contribution in [1.82, 2.24) is 15.5 Å². The molecule has 0 fully saturated rings. The van der Waals surface area contributed by atoms with E-state index in [0.29, 0.717) is 18.5 Å². The first-order valence-corrected chi connectivity index (χ1v) is 5.26. The Balaban J connectivity index is 2.29. The van der Waals surface area contributed by atoms with Crippen LogP contribution in [0.3, 0.4) is 0 Å². The largest absolute Gasteiger partial charge is 0.385 e. The fourth-order valence-corrected chi connectivity index (χ4v) is 1.13. The Morgan fingerprint density at radius 2 is 2.27 bits per heavy atom. The predicted molar refractivity (Wildman–Crippen MR) is 56.5 cm³/mol. The Morgan fingerprint density at radius 1 is 1.47 bits per heavy atom. The second-order valence-corrected chi connectivity index (χ2v) is 3.74. The van der Waals surface area contributed by atoms with Crippen molar-refractivity contribution in [3.63, 3.8) is 0 Å². The van der Waals surface area contributed by atoms with Gasteiger partial charge in [0.05, 0.1) is 6.54 Å². The van der Waals surface area contributed by atoms with Gasteiger partial charge in [0.15, 0.2) is 5.82 Å². The van der Waals surface area contributed by atoms with Crippen molar-refractivity contribution in [2.24, 2.45) is 0 Å². The van der Waals surface area contributed by atoms with Gasteiger partial charge < -0.3 is 14.6 Å². The van der Waals surface area contributed by atoms with E-state index >= 15 is 0 Å². The maximum Gasteiger partial charge on any atom is 0.240 e. The van der Waals surface area contributed by atoms with Gasteiger partial charge in [-0.05, 0) is 6.42 Å². The molecule has 1 aromatic heterocycles. The van der Waals surface area contributed by atoms with Gasteiger partial charge >= 0.3 is 0 Å². The minimum absolute atomic E-state index is 0.425. The number of hydrogen-bond donors (Lipinski definition) is 1. The van der Waals surface area contributed by atoms with Gasteiger partial charge in [0.2, 0.25) is 5.89 Å². The van der Waals surface area contributed by atoms with Crippen molar-refractivity contribution < 1.29 is 9.26 Å². The van der Waals surface area contributed by atoms with Crippen LogP contribution < -0.4 is 5.32 Å². The number of ether oxygens (including phenoxy) is 1. The third kappa shape index (κ3) is 4.90. The molecule has 0 amide bonds. The first-order valence-electron chi connectivity index (χ1n) is 5.26. The van der Waals surface area contributed by atoms with Gasteiger partial charge in [0, 0.05) is 26.2 Å². The van der Waals surface area contributed by atoms with Crippen LogP contribution in [0.2, 0.25) is 0 Å². The molecule has 5 heteroatoms. The number of hydrogen-bond acceptors (Lipinski definition) is 5. The quantitative estimate of drug-likeness (QED) is 0.688. The number of methoxy groups -OCH3 is 1. The number of nitrogens with one attached hydrogen (secondary N) is 1. The lowest BCUT2D eigenvalue weighted by Gasteiger charge is -2.02. The molecule has 5 nitrogen and oxygen atoms in total. The Bertz CT molecular complexity index is 273. The monoisotopic (exact) mass is 213 g/mol. The van der Waals surface area contributed by atoms with E-state index in [4.69, 9.17) is 9.26 Å². The SMILES string of the molecule is COCCCc1noc(CNC(C)C)n1. The number of aromatic nitrogens is 2. The molecule has 15 heavy (non-hydrogen) atoms. The van der Waals surface area contributed by atoms with Crippen LogP contribution >= 0.6 is 0 Å². The molecule has 1 aromatic rings. The number of rotatable bonds is 7. The van der Waals surface area contributed by atoms with Gasteiger partial charge in [-0.2, -0.15) is 4.98 Å². The van der Waals surface area contributed by atoms with Gasteiger partial charge in [-0.25, -0.2) is 0 Å². The fourth-order valence-electron chi connectivity index (χ4n) is 1.13. The molecule has 1 N–H and O–H groups in total. The summed E-state index contributed by atoms with van der Waals surface area (Å²) in [5, 5.41) is 7.11. The highest BCUT2D eigenvalue weighted by atomic mass is 16.5. The Morgan fingerprint density at radius 3 is 2.93 bits per heavy atom. The molecule has 0 atom stereocenters. The standard InChI is InChI=1S/C10H19N3O2/c1-8(2)11-7-10-12-9(13-15-10)5-4-6-14-3/h8,11H,4-7H2,1-3H3. The molecule has 0 aliphatic rings. The normalized spacial score (nSPS) is 11.2. The zero-order chi connectivity index (χ0) is 11.1. The molecule has 0 aromatic carbocycles. The summed E-state index contributed by atoms with van der Waals surface area (Å²) in [5.41, 5.74) is 0. The lowest BCUT2D eigenvalue weighted by molar-refractivity contribution is 0.194. The van der Waals surface area contributed by atoms with E-state index in [1.54, 1.807) is 7.11 Å². The summed E-state index contributed by atoms with van der Waals surface area (Å²) in [6, 6.07) is 0.425. The zero-order valence-electron chi connectivity index (χ0n) is 9.62. The van der Waals surface area contributed by atoms with Crippen LogP contribution in [0.15, 0.2) is 4.52 Å². The molecule has 1 heterocycles. The van der Waals surface area contributed by atoms with Crippen molar-refractivity contribution in [1.29, 1.82) is 0 Å². The third-order valence-corrected chi connectivity index (χ3v) is 1.92. The van der Waals surface area contributed by atoms with Crippen molar-refractivity contribution in [2.45, 2.75) is 39.3 Å². The van der Waals surface area contributed by atoms with Crippen molar-refractivity contribution in [3.05, 3.63) is 11.7 Å². The van der Waals surface area contributed by atoms with Crippen LogP contribution in [0.5, 0.6) is 0 Å². The molecule has 0 radical (unpaired) electrons. The van der Waals surface area contributed by atoms with E-state index in [1.807, 2.05) is 0 Å². The summed E-state index contributed by atoms with van der Waals surface area (Å²) in [6.45, 7) is 5.52. The van der Waals surface area contributed by atoms with Gasteiger partial charge in [-0.1, -0.05) is 19.0 Å². The van der Waals surface area contributed by atoms with Crippen LogP contribution in [-0.4, -0.2) is 29.9 Å². The second-order valence-electron chi connectivity index (χ2n) is 3.74. The summed E-state index contributed by atoms with van der Waals surface area (Å²) in [4.78, 5) is 4.26. The zero-order valence-corrected chi connectivity index (χ0v) is 9.62. The van der Waals surface area contributed by atoms with E-state index in [0.717, 1.165) is 25.3 Å². The van der Waals surface area contributed by atoms with E-state index in [9.17, 15) is 0 Å². The summed E-state index contributed by atoms with van der Waals surface area (Å²) >= 11 is 0. The van der Waals surface area contributed by atoms with Gasteiger partial charge in [0.1, 0.15) is 0 Å². The van der Waals surface area contributed by atoms with Crippen LogP contribution in [0, 0.1) is 0 Å². The van der Waals surface area contributed by atoms with Crippen LogP contribution in [-0.2, 0) is 17.7 Å². The molecule has 0 spiro atoms. The Hall–Kier alpha value is -0.940. The summed E-state index contributed by atoms with van der Waals surface area (Å²) in [5.74, 6) is 1.41. The van der Waals surface area contributed by atoms with Crippen molar-refractivity contribution >= 4 is 0 Å². The molecule has 86 valence electrons. The van der Waals surface area contributed by atoms with E-state index in [1.165, 1.54) is 0 Å². The number of nitrogens with zero attached hydrogens (tertiary/aromatic N) is 2. The topological polar surface area (TPSA) is 60.2 Å². The lowest BCUT2D eigenvalue weighted by atomic mass is 10.3. The van der Waals surface area contributed by atoms with Crippen LogP contribution in [0.25, 0.3) is 0 Å². The molecular formula is C10H19N3O2. The minimum atomic E-state index is 0.425. The molecule has 0 aliphatic heterocycles. The molecular weight excluding hydrogens is 194 g/mol. The van der Waals surface area contributed by atoms with Gasteiger partial charge in [-0.15, -0.1) is 0 Å². The van der Waals surface area contributed by atoms with Crippen LogP contribution in [0.1, 0.15) is 32.0 Å². The number of aryl methyl sites for hydroxylation is 1. The predicted octanol–water partition coefficient (Wildman–Crippen LogP) is 1.15. The van der Waals surface area contributed by atoms with E-state index in [2.05, 4.69) is 29.3 Å². The van der Waals surface area contributed by atoms with Crippen LogP contribution in [0.4, 0.5) is 0 Å².